The van der Waals surface area contributed by atoms with Crippen LogP contribution in [0.4, 0.5) is 4.79 Å². The lowest BCUT2D eigenvalue weighted by molar-refractivity contribution is -0.123. The maximum absolute atomic E-state index is 13.1. The molecule has 1 aliphatic heterocycles. The molecule has 0 spiro atoms. The third kappa shape index (κ3) is 5.22. The summed E-state index contributed by atoms with van der Waals surface area (Å²) in [5.41, 5.74) is 2.79. The maximum atomic E-state index is 13.1. The molecule has 2 amide bonds. The SMILES string of the molecule is O=C1S/C(=C/c2cc(Br)c(OCc3ccccc3)c(Br)c2)C(=O)N1Cc1cccc2ccccc12. The van der Waals surface area contributed by atoms with Crippen LogP contribution in [0.25, 0.3) is 16.8 Å². The molecule has 0 unspecified atom stereocenters. The molecule has 0 aliphatic carbocycles. The molecule has 4 aromatic carbocycles. The van der Waals surface area contributed by atoms with Gasteiger partial charge in [-0.25, -0.2) is 0 Å². The zero-order valence-corrected chi connectivity index (χ0v) is 22.4. The monoisotopic (exact) mass is 607 g/mol. The Balaban J connectivity index is 1.35. The van der Waals surface area contributed by atoms with Gasteiger partial charge >= 0.3 is 0 Å². The molecule has 0 bridgehead atoms. The summed E-state index contributed by atoms with van der Waals surface area (Å²) in [5.74, 6) is 0.389. The van der Waals surface area contributed by atoms with E-state index in [4.69, 9.17) is 4.74 Å². The zero-order valence-electron chi connectivity index (χ0n) is 18.4. The van der Waals surface area contributed by atoms with E-state index in [2.05, 4.69) is 31.9 Å². The fourth-order valence-corrected chi connectivity index (χ4v) is 6.21. The third-order valence-corrected chi connectivity index (χ3v) is 7.71. The van der Waals surface area contributed by atoms with Crippen LogP contribution in [0.1, 0.15) is 16.7 Å². The van der Waals surface area contributed by atoms with Gasteiger partial charge in [-0.3, -0.25) is 14.5 Å². The van der Waals surface area contributed by atoms with Crippen molar-refractivity contribution >= 4 is 71.6 Å². The minimum atomic E-state index is -0.287. The van der Waals surface area contributed by atoms with Gasteiger partial charge in [-0.2, -0.15) is 0 Å². The minimum Gasteiger partial charge on any atom is -0.487 e. The molecule has 0 atom stereocenters. The highest BCUT2D eigenvalue weighted by Gasteiger charge is 2.35. The Morgan fingerprint density at radius 1 is 0.857 bits per heavy atom. The topological polar surface area (TPSA) is 46.6 Å². The van der Waals surface area contributed by atoms with E-state index in [-0.39, 0.29) is 17.7 Å². The Morgan fingerprint density at radius 2 is 1.54 bits per heavy atom. The molecule has 0 aromatic heterocycles. The first-order chi connectivity index (χ1) is 17.0. The summed E-state index contributed by atoms with van der Waals surface area (Å²) in [5, 5.41) is 1.85. The molecule has 5 rings (SSSR count). The Kier molecular flexibility index (Phi) is 7.09. The van der Waals surface area contributed by atoms with Crippen LogP contribution in [0.3, 0.4) is 0 Å². The number of ether oxygens (including phenoxy) is 1. The highest BCUT2D eigenvalue weighted by Crippen LogP contribution is 2.38. The normalized spacial score (nSPS) is 14.8. The second-order valence-electron chi connectivity index (χ2n) is 7.99. The largest absolute Gasteiger partial charge is 0.487 e. The quantitative estimate of drug-likeness (QED) is 0.207. The molecule has 1 saturated heterocycles. The van der Waals surface area contributed by atoms with Gasteiger partial charge in [-0.15, -0.1) is 0 Å². The van der Waals surface area contributed by atoms with E-state index in [1.165, 1.54) is 4.90 Å². The predicted octanol–water partition coefficient (Wildman–Crippen LogP) is 8.18. The van der Waals surface area contributed by atoms with E-state index >= 15 is 0 Å². The molecule has 7 heteroatoms. The Bertz CT molecular complexity index is 1440. The van der Waals surface area contributed by atoms with Gasteiger partial charge in [0.2, 0.25) is 0 Å². The number of fused-ring (bicyclic) bond motifs is 1. The molecular weight excluding hydrogens is 590 g/mol. The molecule has 0 radical (unpaired) electrons. The van der Waals surface area contributed by atoms with E-state index in [9.17, 15) is 9.59 Å². The molecule has 35 heavy (non-hydrogen) atoms. The van der Waals surface area contributed by atoms with Crippen LogP contribution in [-0.2, 0) is 17.9 Å². The highest BCUT2D eigenvalue weighted by molar-refractivity contribution is 9.11. The molecule has 1 heterocycles. The first-order valence-corrected chi connectivity index (χ1v) is 13.3. The fraction of sp³-hybridized carbons (Fsp3) is 0.0714. The molecule has 4 aromatic rings. The third-order valence-electron chi connectivity index (χ3n) is 5.63. The second-order valence-corrected chi connectivity index (χ2v) is 10.7. The number of carbonyl (C=O) groups excluding carboxylic acids is 2. The van der Waals surface area contributed by atoms with Gasteiger partial charge in [-0.1, -0.05) is 72.8 Å². The van der Waals surface area contributed by atoms with Crippen molar-refractivity contribution in [2.45, 2.75) is 13.2 Å². The molecule has 1 fully saturated rings. The number of carbonyl (C=O) groups is 2. The molecule has 4 nitrogen and oxygen atoms in total. The number of nitrogens with zero attached hydrogens (tertiary/aromatic N) is 1. The standard InChI is InChI=1S/C28H19Br2NO3S/c29-23-13-19(14-24(30)26(23)34-17-18-7-2-1-3-8-18)15-25-27(32)31(28(33)35-25)16-21-11-6-10-20-9-4-5-12-22(20)21/h1-15H,16-17H2/b25-15+. The average molecular weight is 609 g/mol. The van der Waals surface area contributed by atoms with Crippen LogP contribution in [0, 0.1) is 0 Å². The van der Waals surface area contributed by atoms with E-state index in [0.717, 1.165) is 48.2 Å². The van der Waals surface area contributed by atoms with Crippen LogP contribution >= 0.6 is 43.6 Å². The van der Waals surface area contributed by atoms with Crippen molar-refractivity contribution in [1.29, 1.82) is 0 Å². The van der Waals surface area contributed by atoms with Gasteiger partial charge in [0.1, 0.15) is 12.4 Å². The lowest BCUT2D eigenvalue weighted by Crippen LogP contribution is -2.27. The van der Waals surface area contributed by atoms with Crippen LogP contribution in [0.15, 0.2) is 98.8 Å². The van der Waals surface area contributed by atoms with Crippen LogP contribution in [-0.4, -0.2) is 16.0 Å². The van der Waals surface area contributed by atoms with Gasteiger partial charge in [-0.05, 0) is 89.3 Å². The van der Waals surface area contributed by atoms with Crippen LogP contribution in [0.2, 0.25) is 0 Å². The van der Waals surface area contributed by atoms with Crippen molar-refractivity contribution in [2.24, 2.45) is 0 Å². The van der Waals surface area contributed by atoms with Gasteiger partial charge in [0.25, 0.3) is 11.1 Å². The maximum Gasteiger partial charge on any atom is 0.293 e. The van der Waals surface area contributed by atoms with Crippen LogP contribution in [0.5, 0.6) is 5.75 Å². The Hall–Kier alpha value is -2.87. The van der Waals surface area contributed by atoms with Gasteiger partial charge < -0.3 is 4.74 Å². The number of amides is 2. The zero-order chi connectivity index (χ0) is 24.4. The van der Waals surface area contributed by atoms with Crippen molar-refractivity contribution in [3.8, 4) is 5.75 Å². The number of hydrogen-bond acceptors (Lipinski definition) is 4. The Labute approximate surface area is 224 Å². The number of hydrogen-bond donors (Lipinski definition) is 0. The van der Waals surface area contributed by atoms with E-state index in [0.29, 0.717) is 17.3 Å². The van der Waals surface area contributed by atoms with E-state index in [1.807, 2.05) is 84.9 Å². The lowest BCUT2D eigenvalue weighted by Gasteiger charge is -2.14. The van der Waals surface area contributed by atoms with Crippen molar-refractivity contribution in [3.63, 3.8) is 0 Å². The fourth-order valence-electron chi connectivity index (χ4n) is 3.92. The van der Waals surface area contributed by atoms with Gasteiger partial charge in [0.05, 0.1) is 20.4 Å². The number of benzene rings is 4. The molecule has 174 valence electrons. The average Bonchev–Trinajstić information content (AvgIpc) is 3.11. The lowest BCUT2D eigenvalue weighted by atomic mass is 10.0. The van der Waals surface area contributed by atoms with Crippen LogP contribution < -0.4 is 4.74 Å². The number of halogens is 2. The van der Waals surface area contributed by atoms with Gasteiger partial charge in [0.15, 0.2) is 0 Å². The smallest absolute Gasteiger partial charge is 0.293 e. The second kappa shape index (κ2) is 10.4. The summed E-state index contributed by atoms with van der Waals surface area (Å²) >= 11 is 8.11. The highest BCUT2D eigenvalue weighted by atomic mass is 79.9. The molecule has 1 aliphatic rings. The summed E-state index contributed by atoms with van der Waals surface area (Å²) in [6.07, 6.45) is 1.74. The molecule has 0 N–H and O–H groups in total. The predicted molar refractivity (Wildman–Crippen MR) is 148 cm³/mol. The summed E-state index contributed by atoms with van der Waals surface area (Å²) < 4.78 is 7.49. The summed E-state index contributed by atoms with van der Waals surface area (Å²) in [6.45, 7) is 0.674. The van der Waals surface area contributed by atoms with E-state index in [1.54, 1.807) is 6.08 Å². The first-order valence-electron chi connectivity index (χ1n) is 10.9. The van der Waals surface area contributed by atoms with Crippen molar-refractivity contribution < 1.29 is 14.3 Å². The summed E-state index contributed by atoms with van der Waals surface area (Å²) in [6, 6.07) is 27.6. The Morgan fingerprint density at radius 3 is 2.31 bits per heavy atom. The van der Waals surface area contributed by atoms with Gasteiger partial charge in [0, 0.05) is 0 Å². The molecular formula is C28H19Br2NO3S. The van der Waals surface area contributed by atoms with Crippen molar-refractivity contribution in [1.82, 2.24) is 4.90 Å². The molecule has 0 saturated carbocycles. The summed E-state index contributed by atoms with van der Waals surface area (Å²) in [4.78, 5) is 27.5. The van der Waals surface area contributed by atoms with Crippen molar-refractivity contribution in [3.05, 3.63) is 115 Å². The summed E-state index contributed by atoms with van der Waals surface area (Å²) in [7, 11) is 0. The number of imide groups is 1. The number of rotatable bonds is 6. The minimum absolute atomic E-state index is 0.239. The first kappa shape index (κ1) is 23.9. The number of thioether (sulfide) groups is 1. The van der Waals surface area contributed by atoms with E-state index < -0.39 is 0 Å². The van der Waals surface area contributed by atoms with Crippen molar-refractivity contribution in [2.75, 3.05) is 0 Å².